The molecule has 0 atom stereocenters. The van der Waals surface area contributed by atoms with Crippen molar-refractivity contribution >= 4 is 5.82 Å². The largest absolute Gasteiger partial charge is 0.468 e. The molecule has 1 aromatic rings. The average Bonchev–Trinajstić information content (AvgIpc) is 2.32. The van der Waals surface area contributed by atoms with Gasteiger partial charge in [0.15, 0.2) is 6.61 Å². The highest BCUT2D eigenvalue weighted by Gasteiger charge is 2.29. The fourth-order valence-corrected chi connectivity index (χ4v) is 1.55. The molecule has 0 spiro atoms. The quantitative estimate of drug-likeness (QED) is 0.866. The number of aromatic nitrogens is 2. The van der Waals surface area contributed by atoms with E-state index in [0.717, 1.165) is 6.42 Å². The fraction of sp³-hybridized carbons (Fsp3) is 0.667. The van der Waals surface area contributed by atoms with E-state index in [9.17, 15) is 13.2 Å². The third-order valence-electron chi connectivity index (χ3n) is 2.34. The second-order valence-electron chi connectivity index (χ2n) is 4.43. The number of anilines is 1. The zero-order valence-electron chi connectivity index (χ0n) is 11.2. The lowest BCUT2D eigenvalue weighted by Crippen LogP contribution is -2.21. The molecule has 1 aromatic heterocycles. The Hall–Kier alpha value is -1.53. The molecule has 0 amide bonds. The van der Waals surface area contributed by atoms with Crippen LogP contribution < -0.4 is 10.1 Å². The maximum atomic E-state index is 12.2. The zero-order chi connectivity index (χ0) is 14.5. The van der Waals surface area contributed by atoms with Gasteiger partial charge in [0.2, 0.25) is 5.88 Å². The number of nitrogens with zero attached hydrogens (tertiary/aromatic N) is 2. The average molecular weight is 277 g/mol. The van der Waals surface area contributed by atoms with Crippen molar-refractivity contribution in [3.63, 3.8) is 0 Å². The van der Waals surface area contributed by atoms with E-state index in [1.54, 1.807) is 0 Å². The van der Waals surface area contributed by atoms with Crippen molar-refractivity contribution in [2.45, 2.75) is 39.3 Å². The molecule has 0 saturated heterocycles. The first-order valence-electron chi connectivity index (χ1n) is 6.13. The van der Waals surface area contributed by atoms with Crippen molar-refractivity contribution in [2.75, 3.05) is 18.5 Å². The molecule has 0 aliphatic carbocycles. The van der Waals surface area contributed by atoms with Crippen molar-refractivity contribution in [3.8, 4) is 5.88 Å². The summed E-state index contributed by atoms with van der Waals surface area (Å²) in [7, 11) is 0. The Morgan fingerprint density at radius 3 is 2.53 bits per heavy atom. The van der Waals surface area contributed by atoms with E-state index in [2.05, 4.69) is 15.3 Å². The summed E-state index contributed by atoms with van der Waals surface area (Å²) >= 11 is 0. The number of ether oxygens (including phenoxy) is 1. The fourth-order valence-electron chi connectivity index (χ4n) is 1.55. The van der Waals surface area contributed by atoms with Crippen LogP contribution in [0.15, 0.2) is 6.33 Å². The van der Waals surface area contributed by atoms with Crippen molar-refractivity contribution < 1.29 is 17.9 Å². The van der Waals surface area contributed by atoms with Crippen LogP contribution in [-0.4, -0.2) is 29.3 Å². The first-order valence-corrected chi connectivity index (χ1v) is 6.13. The Morgan fingerprint density at radius 2 is 2.00 bits per heavy atom. The van der Waals surface area contributed by atoms with E-state index in [-0.39, 0.29) is 11.8 Å². The van der Waals surface area contributed by atoms with Crippen LogP contribution in [-0.2, 0) is 0 Å². The minimum atomic E-state index is -4.38. The summed E-state index contributed by atoms with van der Waals surface area (Å²) < 4.78 is 41.3. The topological polar surface area (TPSA) is 47.0 Å². The molecule has 0 saturated carbocycles. The van der Waals surface area contributed by atoms with Gasteiger partial charge in [-0.15, -0.1) is 0 Å². The first kappa shape index (κ1) is 15.5. The minimum absolute atomic E-state index is 0.0130. The molecule has 0 aliphatic heterocycles. The van der Waals surface area contributed by atoms with Gasteiger partial charge in [0.05, 0.1) is 5.56 Å². The summed E-state index contributed by atoms with van der Waals surface area (Å²) in [6, 6.07) is 0. The molecule has 19 heavy (non-hydrogen) atoms. The van der Waals surface area contributed by atoms with Gasteiger partial charge >= 0.3 is 6.18 Å². The molecule has 0 aromatic carbocycles. The molecule has 0 radical (unpaired) electrons. The monoisotopic (exact) mass is 277 g/mol. The highest BCUT2D eigenvalue weighted by Crippen LogP contribution is 2.30. The van der Waals surface area contributed by atoms with E-state index in [0.29, 0.717) is 17.9 Å². The van der Waals surface area contributed by atoms with Gasteiger partial charge in [0.25, 0.3) is 0 Å². The molecular formula is C12H18F3N3O. The first-order chi connectivity index (χ1) is 8.85. The number of hydrogen-bond acceptors (Lipinski definition) is 4. The van der Waals surface area contributed by atoms with Crippen LogP contribution in [0.3, 0.4) is 0 Å². The summed E-state index contributed by atoms with van der Waals surface area (Å²) in [5.74, 6) is 0.480. The van der Waals surface area contributed by atoms with Crippen LogP contribution in [0.4, 0.5) is 19.0 Å². The molecule has 1 N–H and O–H groups in total. The van der Waals surface area contributed by atoms with E-state index in [1.165, 1.54) is 6.33 Å². The van der Waals surface area contributed by atoms with Crippen LogP contribution in [0.25, 0.3) is 0 Å². The SMILES string of the molecule is CCCNc1ncnc(OCC(F)(F)F)c1C(C)C. The number of rotatable bonds is 6. The van der Waals surface area contributed by atoms with Crippen LogP contribution in [0.1, 0.15) is 38.7 Å². The van der Waals surface area contributed by atoms with Crippen molar-refractivity contribution in [1.82, 2.24) is 9.97 Å². The second kappa shape index (κ2) is 6.58. The maximum Gasteiger partial charge on any atom is 0.422 e. The van der Waals surface area contributed by atoms with Gasteiger partial charge in [0.1, 0.15) is 12.1 Å². The summed E-state index contributed by atoms with van der Waals surface area (Å²) in [6.07, 6.45) is -2.29. The molecule has 1 heterocycles. The summed E-state index contributed by atoms with van der Waals surface area (Å²) in [6.45, 7) is 5.04. The molecule has 0 fully saturated rings. The third-order valence-corrected chi connectivity index (χ3v) is 2.34. The van der Waals surface area contributed by atoms with Crippen molar-refractivity contribution in [1.29, 1.82) is 0 Å². The molecule has 0 unspecified atom stereocenters. The lowest BCUT2D eigenvalue weighted by Gasteiger charge is -2.17. The lowest BCUT2D eigenvalue weighted by molar-refractivity contribution is -0.154. The highest BCUT2D eigenvalue weighted by molar-refractivity contribution is 5.50. The summed E-state index contributed by atoms with van der Waals surface area (Å²) in [4.78, 5) is 7.86. The Morgan fingerprint density at radius 1 is 1.32 bits per heavy atom. The van der Waals surface area contributed by atoms with Gasteiger partial charge in [-0.05, 0) is 12.3 Å². The second-order valence-corrected chi connectivity index (χ2v) is 4.43. The maximum absolute atomic E-state index is 12.2. The van der Waals surface area contributed by atoms with Crippen LogP contribution >= 0.6 is 0 Å². The number of hydrogen-bond donors (Lipinski definition) is 1. The van der Waals surface area contributed by atoms with E-state index < -0.39 is 12.8 Å². The van der Waals surface area contributed by atoms with Gasteiger partial charge in [-0.1, -0.05) is 20.8 Å². The smallest absolute Gasteiger partial charge is 0.422 e. The number of halogens is 3. The van der Waals surface area contributed by atoms with Gasteiger partial charge < -0.3 is 10.1 Å². The van der Waals surface area contributed by atoms with E-state index >= 15 is 0 Å². The molecule has 4 nitrogen and oxygen atoms in total. The molecule has 0 bridgehead atoms. The highest BCUT2D eigenvalue weighted by atomic mass is 19.4. The molecule has 7 heteroatoms. The lowest BCUT2D eigenvalue weighted by atomic mass is 10.1. The van der Waals surface area contributed by atoms with Crippen LogP contribution in [0.2, 0.25) is 0 Å². The zero-order valence-corrected chi connectivity index (χ0v) is 11.2. The van der Waals surface area contributed by atoms with Crippen LogP contribution in [0, 0.1) is 0 Å². The molecule has 108 valence electrons. The predicted molar refractivity (Wildman–Crippen MR) is 66.5 cm³/mol. The van der Waals surface area contributed by atoms with Crippen molar-refractivity contribution in [2.24, 2.45) is 0 Å². The number of alkyl halides is 3. The minimum Gasteiger partial charge on any atom is -0.468 e. The van der Waals surface area contributed by atoms with Gasteiger partial charge in [-0.2, -0.15) is 13.2 Å². The summed E-state index contributed by atoms with van der Waals surface area (Å²) in [5.41, 5.74) is 0.570. The summed E-state index contributed by atoms with van der Waals surface area (Å²) in [5, 5.41) is 3.07. The molecule has 1 rings (SSSR count). The Kier molecular flexibility index (Phi) is 5.38. The standard InChI is InChI=1S/C12H18F3N3O/c1-4-5-16-10-9(8(2)3)11(18-7-17-10)19-6-12(13,14)15/h7-8H,4-6H2,1-3H3,(H,16,17,18). The Bertz CT molecular complexity index is 408. The molecule has 0 aliphatic rings. The molecular weight excluding hydrogens is 259 g/mol. The van der Waals surface area contributed by atoms with E-state index in [4.69, 9.17) is 4.74 Å². The van der Waals surface area contributed by atoms with Gasteiger partial charge in [-0.25, -0.2) is 9.97 Å². The number of nitrogens with one attached hydrogen (secondary N) is 1. The normalized spacial score (nSPS) is 11.7. The van der Waals surface area contributed by atoms with Crippen LogP contribution in [0.5, 0.6) is 5.88 Å². The van der Waals surface area contributed by atoms with Crippen molar-refractivity contribution in [3.05, 3.63) is 11.9 Å². The van der Waals surface area contributed by atoms with E-state index in [1.807, 2.05) is 20.8 Å². The Balaban J connectivity index is 2.96. The Labute approximate surface area is 110 Å². The third kappa shape index (κ3) is 4.92. The van der Waals surface area contributed by atoms with Gasteiger partial charge in [0, 0.05) is 6.54 Å². The van der Waals surface area contributed by atoms with Gasteiger partial charge in [-0.3, -0.25) is 0 Å². The predicted octanol–water partition coefficient (Wildman–Crippen LogP) is 3.36.